The SMILES string of the molecule is [C-]#[N+]c1cc(-c2cc(C(=O)O)ccn2)cc(Br)c1OCCC. The third-order valence-electron chi connectivity index (χ3n) is 2.90. The fourth-order valence-electron chi connectivity index (χ4n) is 1.88. The van der Waals surface area contributed by atoms with Gasteiger partial charge in [-0.1, -0.05) is 6.92 Å². The summed E-state index contributed by atoms with van der Waals surface area (Å²) in [5.41, 5.74) is 1.66. The lowest BCUT2D eigenvalue weighted by atomic mass is 10.1. The van der Waals surface area contributed by atoms with Crippen LogP contribution in [0, 0.1) is 6.57 Å². The van der Waals surface area contributed by atoms with Gasteiger partial charge in [-0.2, -0.15) is 0 Å². The number of carbonyl (C=O) groups is 1. The maximum atomic E-state index is 11.0. The largest absolute Gasteiger partial charge is 0.503 e. The standard InChI is InChI=1S/C16H13BrN2O3/c1-3-6-22-15-12(17)7-11(9-14(15)18-2)13-8-10(16(20)21)4-5-19-13/h4-5,7-9H,3,6H2,1H3,(H,20,21). The van der Waals surface area contributed by atoms with Gasteiger partial charge in [-0.3, -0.25) is 4.98 Å². The van der Waals surface area contributed by atoms with Gasteiger partial charge < -0.3 is 9.84 Å². The number of carboxylic acids is 1. The van der Waals surface area contributed by atoms with Crippen LogP contribution in [0.25, 0.3) is 16.1 Å². The van der Waals surface area contributed by atoms with Gasteiger partial charge in [0.15, 0.2) is 0 Å². The zero-order valence-electron chi connectivity index (χ0n) is 11.8. The molecule has 0 saturated heterocycles. The first-order valence-corrected chi connectivity index (χ1v) is 7.39. The predicted molar refractivity (Wildman–Crippen MR) is 86.4 cm³/mol. The van der Waals surface area contributed by atoms with Crippen molar-refractivity contribution in [2.24, 2.45) is 0 Å². The Labute approximate surface area is 136 Å². The molecule has 0 radical (unpaired) electrons. The van der Waals surface area contributed by atoms with E-state index in [1.54, 1.807) is 12.1 Å². The molecule has 22 heavy (non-hydrogen) atoms. The minimum absolute atomic E-state index is 0.150. The zero-order chi connectivity index (χ0) is 16.1. The van der Waals surface area contributed by atoms with Crippen LogP contribution in [-0.2, 0) is 0 Å². The van der Waals surface area contributed by atoms with E-state index < -0.39 is 5.97 Å². The van der Waals surface area contributed by atoms with Gasteiger partial charge in [0.05, 0.1) is 24.4 Å². The van der Waals surface area contributed by atoms with Crippen molar-refractivity contribution in [3.05, 3.63) is 51.9 Å². The molecule has 112 valence electrons. The van der Waals surface area contributed by atoms with Crippen molar-refractivity contribution in [2.45, 2.75) is 13.3 Å². The van der Waals surface area contributed by atoms with E-state index in [0.29, 0.717) is 33.8 Å². The number of hydrogen-bond donors (Lipinski definition) is 1. The number of halogens is 1. The van der Waals surface area contributed by atoms with E-state index in [2.05, 4.69) is 25.8 Å². The van der Waals surface area contributed by atoms with E-state index >= 15 is 0 Å². The molecule has 1 heterocycles. The second-order valence-electron chi connectivity index (χ2n) is 4.50. The molecule has 0 amide bonds. The molecule has 2 aromatic rings. The van der Waals surface area contributed by atoms with Crippen molar-refractivity contribution < 1.29 is 14.6 Å². The molecule has 0 fully saturated rings. The highest BCUT2D eigenvalue weighted by atomic mass is 79.9. The van der Waals surface area contributed by atoms with E-state index in [1.807, 2.05) is 6.92 Å². The van der Waals surface area contributed by atoms with Crippen LogP contribution in [0.1, 0.15) is 23.7 Å². The van der Waals surface area contributed by atoms with Crippen molar-refractivity contribution >= 4 is 27.6 Å². The number of aromatic nitrogens is 1. The van der Waals surface area contributed by atoms with E-state index in [9.17, 15) is 4.79 Å². The lowest BCUT2D eigenvalue weighted by Gasteiger charge is -2.11. The van der Waals surface area contributed by atoms with Crippen LogP contribution in [0.5, 0.6) is 5.75 Å². The summed E-state index contributed by atoms with van der Waals surface area (Å²) in [7, 11) is 0. The topological polar surface area (TPSA) is 63.8 Å². The molecule has 0 spiro atoms. The van der Waals surface area contributed by atoms with E-state index in [1.165, 1.54) is 18.3 Å². The maximum Gasteiger partial charge on any atom is 0.335 e. The van der Waals surface area contributed by atoms with Gasteiger partial charge in [-0.05, 0) is 52.2 Å². The number of benzene rings is 1. The fraction of sp³-hybridized carbons (Fsp3) is 0.188. The van der Waals surface area contributed by atoms with Gasteiger partial charge in [0, 0.05) is 10.7 Å². The highest BCUT2D eigenvalue weighted by Gasteiger charge is 2.13. The van der Waals surface area contributed by atoms with Crippen LogP contribution in [0.2, 0.25) is 0 Å². The number of ether oxygens (including phenoxy) is 1. The zero-order valence-corrected chi connectivity index (χ0v) is 13.4. The minimum atomic E-state index is -1.02. The van der Waals surface area contributed by atoms with Crippen molar-refractivity contribution in [2.75, 3.05) is 6.61 Å². The summed E-state index contributed by atoms with van der Waals surface area (Å²) in [5.74, 6) is -0.522. The summed E-state index contributed by atoms with van der Waals surface area (Å²) in [4.78, 5) is 18.7. The molecule has 2 rings (SSSR count). The highest BCUT2D eigenvalue weighted by molar-refractivity contribution is 9.10. The maximum absolute atomic E-state index is 11.0. The van der Waals surface area contributed by atoms with Crippen molar-refractivity contribution in [3.63, 3.8) is 0 Å². The predicted octanol–water partition coefficient (Wildman–Crippen LogP) is 4.55. The minimum Gasteiger partial charge on any atom is -0.503 e. The Hall–Kier alpha value is -2.39. The first-order chi connectivity index (χ1) is 10.6. The summed E-state index contributed by atoms with van der Waals surface area (Å²) in [6.07, 6.45) is 2.28. The van der Waals surface area contributed by atoms with Crippen molar-refractivity contribution in [1.82, 2.24) is 4.98 Å². The Morgan fingerprint density at radius 1 is 1.45 bits per heavy atom. The third kappa shape index (κ3) is 3.43. The quantitative estimate of drug-likeness (QED) is 0.794. The van der Waals surface area contributed by atoms with Crippen LogP contribution in [0.15, 0.2) is 34.9 Å². The first kappa shape index (κ1) is 16.0. The molecule has 1 N–H and O–H groups in total. The van der Waals surface area contributed by atoms with Gasteiger partial charge in [0.1, 0.15) is 5.75 Å². The molecule has 0 aliphatic heterocycles. The molecular weight excluding hydrogens is 348 g/mol. The molecule has 1 aromatic heterocycles. The van der Waals surface area contributed by atoms with E-state index in [-0.39, 0.29) is 5.56 Å². The Bertz CT molecular complexity index is 754. The van der Waals surface area contributed by atoms with E-state index in [4.69, 9.17) is 16.4 Å². The number of carboxylic acid groups (broad SMARTS) is 1. The van der Waals surface area contributed by atoms with Crippen molar-refractivity contribution in [3.8, 4) is 17.0 Å². The Kier molecular flexibility index (Phi) is 5.12. The molecule has 5 nitrogen and oxygen atoms in total. The van der Waals surface area contributed by atoms with Crippen molar-refractivity contribution in [1.29, 1.82) is 0 Å². The lowest BCUT2D eigenvalue weighted by molar-refractivity contribution is 0.0697. The summed E-state index contributed by atoms with van der Waals surface area (Å²) in [5, 5.41) is 9.05. The number of rotatable bonds is 5. The highest BCUT2D eigenvalue weighted by Crippen LogP contribution is 2.39. The monoisotopic (exact) mass is 360 g/mol. The molecule has 0 aliphatic carbocycles. The third-order valence-corrected chi connectivity index (χ3v) is 3.49. The molecule has 6 heteroatoms. The number of nitrogens with zero attached hydrogens (tertiary/aromatic N) is 2. The van der Waals surface area contributed by atoms with E-state index in [0.717, 1.165) is 6.42 Å². The molecule has 0 atom stereocenters. The normalized spacial score (nSPS) is 10.0. The van der Waals surface area contributed by atoms with Gasteiger partial charge in [-0.15, -0.1) is 0 Å². The van der Waals surface area contributed by atoms with Gasteiger partial charge in [0.25, 0.3) is 0 Å². The first-order valence-electron chi connectivity index (χ1n) is 6.60. The fourth-order valence-corrected chi connectivity index (χ4v) is 2.44. The van der Waals surface area contributed by atoms with Crippen LogP contribution >= 0.6 is 15.9 Å². The van der Waals surface area contributed by atoms with Crippen LogP contribution < -0.4 is 4.74 Å². The summed E-state index contributed by atoms with van der Waals surface area (Å²) < 4.78 is 6.23. The van der Waals surface area contributed by atoms with Crippen LogP contribution in [-0.4, -0.2) is 22.7 Å². The molecule has 0 aliphatic rings. The molecule has 0 saturated carbocycles. The second-order valence-corrected chi connectivity index (χ2v) is 5.36. The Balaban J connectivity index is 2.49. The summed E-state index contributed by atoms with van der Waals surface area (Å²) in [6, 6.07) is 6.32. The van der Waals surface area contributed by atoms with Gasteiger partial charge in [-0.25, -0.2) is 9.64 Å². The molecular formula is C16H13BrN2O3. The number of hydrogen-bond acceptors (Lipinski definition) is 3. The molecule has 1 aromatic carbocycles. The lowest BCUT2D eigenvalue weighted by Crippen LogP contribution is -1.98. The second kappa shape index (κ2) is 7.05. The smallest absolute Gasteiger partial charge is 0.335 e. The van der Waals surface area contributed by atoms with Gasteiger partial charge in [0.2, 0.25) is 5.69 Å². The average Bonchev–Trinajstić information content (AvgIpc) is 2.53. The summed E-state index contributed by atoms with van der Waals surface area (Å²) >= 11 is 3.40. The Morgan fingerprint density at radius 3 is 2.86 bits per heavy atom. The molecule has 0 bridgehead atoms. The Morgan fingerprint density at radius 2 is 2.23 bits per heavy atom. The van der Waals surface area contributed by atoms with Crippen LogP contribution in [0.3, 0.4) is 0 Å². The van der Waals surface area contributed by atoms with Crippen LogP contribution in [0.4, 0.5) is 5.69 Å². The number of aromatic carboxylic acids is 1. The summed E-state index contributed by atoms with van der Waals surface area (Å²) in [6.45, 7) is 9.80. The van der Waals surface area contributed by atoms with Gasteiger partial charge >= 0.3 is 5.97 Å². The number of pyridine rings is 1. The average molecular weight is 361 g/mol. The molecule has 0 unspecified atom stereocenters.